The van der Waals surface area contributed by atoms with Crippen LogP contribution in [0.15, 0.2) is 51.7 Å². The van der Waals surface area contributed by atoms with Crippen molar-refractivity contribution in [1.29, 1.82) is 0 Å². The molecular weight excluding hydrogens is 304 g/mol. The molecule has 0 spiro atoms. The van der Waals surface area contributed by atoms with Gasteiger partial charge in [0.05, 0.1) is 11.1 Å². The van der Waals surface area contributed by atoms with Gasteiger partial charge in [0.25, 0.3) is 5.56 Å². The number of rotatable bonds is 1. The lowest BCUT2D eigenvalue weighted by Gasteiger charge is -2.08. The maximum atomic E-state index is 11.9. The van der Waals surface area contributed by atoms with Crippen LogP contribution in [-0.4, -0.2) is 10.2 Å². The van der Waals surface area contributed by atoms with Gasteiger partial charge in [-0.05, 0) is 34.5 Å². The first-order chi connectivity index (χ1) is 9.18. The van der Waals surface area contributed by atoms with Crippen molar-refractivity contribution >= 4 is 26.7 Å². The Kier molecular flexibility index (Phi) is 2.95. The molecule has 0 aliphatic heterocycles. The molecule has 3 nitrogen and oxygen atoms in total. The highest BCUT2D eigenvalue weighted by Crippen LogP contribution is 2.29. The molecule has 2 aromatic carbocycles. The van der Waals surface area contributed by atoms with Crippen molar-refractivity contribution in [2.45, 2.75) is 6.92 Å². The van der Waals surface area contributed by atoms with E-state index in [2.05, 4.69) is 26.1 Å². The number of aryl methyl sites for hydroxylation is 1. The molecule has 1 aromatic heterocycles. The van der Waals surface area contributed by atoms with Gasteiger partial charge in [-0.2, -0.15) is 5.10 Å². The standard InChI is InChI=1S/C15H11BrN2O/c1-9-5-2-3-6-10(9)14-11-7-4-8-12(16)13(11)15(19)18-17-14/h2-8H,1H3,(H,18,19). The molecule has 0 aliphatic carbocycles. The van der Waals surface area contributed by atoms with Crippen molar-refractivity contribution in [2.24, 2.45) is 0 Å². The van der Waals surface area contributed by atoms with Gasteiger partial charge in [-0.3, -0.25) is 4.79 Å². The first kappa shape index (κ1) is 12.1. The number of aromatic nitrogens is 2. The minimum Gasteiger partial charge on any atom is -0.267 e. The van der Waals surface area contributed by atoms with Gasteiger partial charge in [0.1, 0.15) is 0 Å². The van der Waals surface area contributed by atoms with Crippen molar-refractivity contribution in [2.75, 3.05) is 0 Å². The van der Waals surface area contributed by atoms with E-state index in [1.807, 2.05) is 49.4 Å². The molecular formula is C15H11BrN2O. The summed E-state index contributed by atoms with van der Waals surface area (Å²) in [6, 6.07) is 13.7. The first-order valence-corrected chi connectivity index (χ1v) is 6.70. The maximum Gasteiger partial charge on any atom is 0.273 e. The van der Waals surface area contributed by atoms with E-state index >= 15 is 0 Å². The lowest BCUT2D eigenvalue weighted by atomic mass is 10.0. The second kappa shape index (κ2) is 4.63. The molecule has 0 atom stereocenters. The number of hydrogen-bond donors (Lipinski definition) is 1. The Labute approximate surface area is 118 Å². The summed E-state index contributed by atoms with van der Waals surface area (Å²) in [6.07, 6.45) is 0. The molecule has 0 saturated carbocycles. The predicted molar refractivity (Wildman–Crippen MR) is 80.2 cm³/mol. The molecule has 0 bridgehead atoms. The van der Waals surface area contributed by atoms with E-state index in [9.17, 15) is 4.79 Å². The SMILES string of the molecule is Cc1ccccc1-c1n[nH]c(=O)c2c(Br)cccc12. The third-order valence-corrected chi connectivity index (χ3v) is 3.83. The Bertz CT molecular complexity index is 824. The Morgan fingerprint density at radius 1 is 1.11 bits per heavy atom. The molecule has 0 amide bonds. The summed E-state index contributed by atoms with van der Waals surface area (Å²) < 4.78 is 0.781. The topological polar surface area (TPSA) is 45.8 Å². The normalized spacial score (nSPS) is 10.8. The summed E-state index contributed by atoms with van der Waals surface area (Å²) >= 11 is 3.43. The second-order valence-electron chi connectivity index (χ2n) is 4.38. The van der Waals surface area contributed by atoms with Crippen molar-refractivity contribution in [3.8, 4) is 11.3 Å². The number of halogens is 1. The quantitative estimate of drug-likeness (QED) is 0.745. The minimum atomic E-state index is -0.181. The molecule has 3 rings (SSSR count). The molecule has 0 radical (unpaired) electrons. The van der Waals surface area contributed by atoms with Gasteiger partial charge in [-0.1, -0.05) is 36.4 Å². The van der Waals surface area contributed by atoms with E-state index < -0.39 is 0 Å². The van der Waals surface area contributed by atoms with Gasteiger partial charge in [-0.25, -0.2) is 5.10 Å². The summed E-state index contributed by atoms with van der Waals surface area (Å²) in [5.41, 5.74) is 2.78. The van der Waals surface area contributed by atoms with Crippen LogP contribution in [0.4, 0.5) is 0 Å². The van der Waals surface area contributed by atoms with E-state index in [-0.39, 0.29) is 5.56 Å². The second-order valence-corrected chi connectivity index (χ2v) is 5.23. The smallest absolute Gasteiger partial charge is 0.267 e. The van der Waals surface area contributed by atoms with Gasteiger partial charge >= 0.3 is 0 Å². The van der Waals surface area contributed by atoms with Gasteiger partial charge < -0.3 is 0 Å². The zero-order chi connectivity index (χ0) is 13.4. The van der Waals surface area contributed by atoms with Gasteiger partial charge in [0.2, 0.25) is 0 Å². The lowest BCUT2D eigenvalue weighted by molar-refractivity contribution is 1.01. The number of H-pyrrole nitrogens is 1. The van der Waals surface area contributed by atoms with Crippen LogP contribution in [0.5, 0.6) is 0 Å². The minimum absolute atomic E-state index is 0.181. The van der Waals surface area contributed by atoms with Crippen LogP contribution < -0.4 is 5.56 Å². The Balaban J connectivity index is 2.45. The van der Waals surface area contributed by atoms with Crippen molar-refractivity contribution in [1.82, 2.24) is 10.2 Å². The summed E-state index contributed by atoms with van der Waals surface area (Å²) in [5.74, 6) is 0. The largest absolute Gasteiger partial charge is 0.273 e. The van der Waals surface area contributed by atoms with Crippen LogP contribution in [-0.2, 0) is 0 Å². The molecule has 1 heterocycles. The number of nitrogens with one attached hydrogen (secondary N) is 1. The molecule has 0 aliphatic rings. The number of nitrogens with zero attached hydrogens (tertiary/aromatic N) is 1. The van der Waals surface area contributed by atoms with Crippen molar-refractivity contribution in [3.05, 3.63) is 62.9 Å². The molecule has 3 aromatic rings. The fraction of sp³-hybridized carbons (Fsp3) is 0.0667. The molecule has 1 N–H and O–H groups in total. The number of hydrogen-bond acceptors (Lipinski definition) is 2. The summed E-state index contributed by atoms with van der Waals surface area (Å²) in [5, 5.41) is 8.28. The highest BCUT2D eigenvalue weighted by Gasteiger charge is 2.11. The van der Waals surface area contributed by atoms with Crippen LogP contribution in [0, 0.1) is 6.92 Å². The Hall–Kier alpha value is -1.94. The maximum absolute atomic E-state index is 11.9. The van der Waals surface area contributed by atoms with Gasteiger partial charge in [0.15, 0.2) is 0 Å². The zero-order valence-corrected chi connectivity index (χ0v) is 11.9. The molecule has 94 valence electrons. The van der Waals surface area contributed by atoms with Crippen LogP contribution in [0.3, 0.4) is 0 Å². The van der Waals surface area contributed by atoms with E-state index in [1.165, 1.54) is 0 Å². The summed E-state index contributed by atoms with van der Waals surface area (Å²) in [6.45, 7) is 2.03. The fourth-order valence-electron chi connectivity index (χ4n) is 2.22. The van der Waals surface area contributed by atoms with Crippen LogP contribution in [0.1, 0.15) is 5.56 Å². The number of fused-ring (bicyclic) bond motifs is 1. The fourth-order valence-corrected chi connectivity index (χ4v) is 2.77. The third kappa shape index (κ3) is 1.98. The van der Waals surface area contributed by atoms with E-state index in [1.54, 1.807) is 0 Å². The summed E-state index contributed by atoms with van der Waals surface area (Å²) in [4.78, 5) is 11.9. The van der Waals surface area contributed by atoms with Crippen LogP contribution >= 0.6 is 15.9 Å². The highest BCUT2D eigenvalue weighted by atomic mass is 79.9. The molecule has 19 heavy (non-hydrogen) atoms. The van der Waals surface area contributed by atoms with Gasteiger partial charge in [-0.15, -0.1) is 0 Å². The lowest BCUT2D eigenvalue weighted by Crippen LogP contribution is -2.10. The molecule has 4 heteroatoms. The zero-order valence-electron chi connectivity index (χ0n) is 10.3. The average molecular weight is 315 g/mol. The Morgan fingerprint density at radius 3 is 2.68 bits per heavy atom. The van der Waals surface area contributed by atoms with E-state index in [0.717, 1.165) is 26.7 Å². The number of benzene rings is 2. The molecule has 0 saturated heterocycles. The van der Waals surface area contributed by atoms with Crippen LogP contribution in [0.2, 0.25) is 0 Å². The molecule has 0 unspecified atom stereocenters. The van der Waals surface area contributed by atoms with Crippen LogP contribution in [0.25, 0.3) is 22.0 Å². The Morgan fingerprint density at radius 2 is 1.89 bits per heavy atom. The summed E-state index contributed by atoms with van der Waals surface area (Å²) in [7, 11) is 0. The van der Waals surface area contributed by atoms with Gasteiger partial charge in [0, 0.05) is 15.4 Å². The van der Waals surface area contributed by atoms with Crippen molar-refractivity contribution < 1.29 is 0 Å². The third-order valence-electron chi connectivity index (χ3n) is 3.17. The highest BCUT2D eigenvalue weighted by molar-refractivity contribution is 9.10. The average Bonchev–Trinajstić information content (AvgIpc) is 2.40. The molecule has 0 fully saturated rings. The predicted octanol–water partition coefficient (Wildman–Crippen LogP) is 3.66. The van der Waals surface area contributed by atoms with E-state index in [0.29, 0.717) is 5.39 Å². The number of aromatic amines is 1. The first-order valence-electron chi connectivity index (χ1n) is 5.91. The van der Waals surface area contributed by atoms with E-state index in [4.69, 9.17) is 0 Å². The monoisotopic (exact) mass is 314 g/mol. The van der Waals surface area contributed by atoms with Crippen molar-refractivity contribution in [3.63, 3.8) is 0 Å².